The maximum Gasteiger partial charge on any atom is 0.313 e. The summed E-state index contributed by atoms with van der Waals surface area (Å²) in [5.41, 5.74) is 1.79. The van der Waals surface area contributed by atoms with E-state index in [-0.39, 0.29) is 6.54 Å². The summed E-state index contributed by atoms with van der Waals surface area (Å²) >= 11 is 0. The van der Waals surface area contributed by atoms with Crippen molar-refractivity contribution in [2.45, 2.75) is 38.7 Å². The third kappa shape index (κ3) is 3.17. The predicted octanol–water partition coefficient (Wildman–Crippen LogP) is 1.27. The molecule has 1 aliphatic rings. The van der Waals surface area contributed by atoms with E-state index in [2.05, 4.69) is 10.6 Å². The monoisotopic (exact) mass is 276 g/mol. The van der Waals surface area contributed by atoms with Crippen LogP contribution in [0.15, 0.2) is 18.2 Å². The van der Waals surface area contributed by atoms with E-state index in [0.717, 1.165) is 17.5 Å². The van der Waals surface area contributed by atoms with Crippen molar-refractivity contribution >= 4 is 17.5 Å². The smallest absolute Gasteiger partial charge is 0.313 e. The number of aliphatic hydroxyl groups is 1. The third-order valence-corrected chi connectivity index (χ3v) is 3.92. The Hall–Kier alpha value is -1.88. The lowest BCUT2D eigenvalue weighted by atomic mass is 9.80. The number of aryl methyl sites for hydroxylation is 1. The van der Waals surface area contributed by atoms with E-state index in [0.29, 0.717) is 18.5 Å². The average molecular weight is 276 g/mol. The number of hydrogen-bond acceptors (Lipinski definition) is 3. The molecule has 0 aromatic heterocycles. The van der Waals surface area contributed by atoms with E-state index in [4.69, 9.17) is 0 Å². The zero-order valence-electron chi connectivity index (χ0n) is 11.8. The first-order chi connectivity index (χ1) is 9.41. The molecule has 1 aliphatic carbocycles. The molecule has 2 amide bonds. The maximum absolute atomic E-state index is 11.8. The number of benzene rings is 1. The molecule has 2 rings (SSSR count). The van der Waals surface area contributed by atoms with Crippen LogP contribution in [0.1, 0.15) is 30.4 Å². The summed E-state index contributed by atoms with van der Waals surface area (Å²) in [4.78, 5) is 23.5. The molecule has 1 aromatic rings. The molecule has 108 valence electrons. The van der Waals surface area contributed by atoms with E-state index in [1.54, 1.807) is 6.07 Å². The number of carbonyl (C=O) groups is 2. The fourth-order valence-electron chi connectivity index (χ4n) is 2.15. The summed E-state index contributed by atoms with van der Waals surface area (Å²) in [6.07, 6.45) is 2.30. The number of nitrogens with one attached hydrogen (secondary N) is 2. The van der Waals surface area contributed by atoms with Crippen molar-refractivity contribution in [1.29, 1.82) is 0 Å². The van der Waals surface area contributed by atoms with Gasteiger partial charge in [0.25, 0.3) is 0 Å². The summed E-state index contributed by atoms with van der Waals surface area (Å²) in [6.45, 7) is 3.96. The van der Waals surface area contributed by atoms with Crippen molar-refractivity contribution in [2.24, 2.45) is 0 Å². The van der Waals surface area contributed by atoms with Crippen LogP contribution < -0.4 is 10.6 Å². The molecule has 0 aliphatic heterocycles. The number of rotatable bonds is 3. The Bertz CT molecular complexity index is 536. The summed E-state index contributed by atoms with van der Waals surface area (Å²) in [7, 11) is 0. The van der Waals surface area contributed by atoms with Crippen molar-refractivity contribution in [3.8, 4) is 0 Å². The van der Waals surface area contributed by atoms with Crippen LogP contribution >= 0.6 is 0 Å². The topological polar surface area (TPSA) is 78.4 Å². The Balaban J connectivity index is 1.90. The number of carbonyl (C=O) groups excluding carboxylic acids is 2. The van der Waals surface area contributed by atoms with Crippen molar-refractivity contribution in [3.05, 3.63) is 29.3 Å². The van der Waals surface area contributed by atoms with Gasteiger partial charge in [0.1, 0.15) is 0 Å². The van der Waals surface area contributed by atoms with Crippen LogP contribution in [-0.2, 0) is 9.59 Å². The number of amides is 2. The van der Waals surface area contributed by atoms with Crippen molar-refractivity contribution in [1.82, 2.24) is 5.32 Å². The molecule has 0 radical (unpaired) electrons. The Morgan fingerprint density at radius 2 is 1.95 bits per heavy atom. The molecule has 5 heteroatoms. The first-order valence-electron chi connectivity index (χ1n) is 6.79. The Morgan fingerprint density at radius 1 is 1.25 bits per heavy atom. The predicted molar refractivity (Wildman–Crippen MR) is 76.4 cm³/mol. The van der Waals surface area contributed by atoms with Crippen molar-refractivity contribution in [2.75, 3.05) is 11.9 Å². The summed E-state index contributed by atoms with van der Waals surface area (Å²) in [6, 6.07) is 5.52. The highest BCUT2D eigenvalue weighted by Crippen LogP contribution is 2.30. The minimum Gasteiger partial charge on any atom is -0.388 e. The van der Waals surface area contributed by atoms with Gasteiger partial charge in [-0.15, -0.1) is 0 Å². The Kier molecular flexibility index (Phi) is 4.09. The van der Waals surface area contributed by atoms with Gasteiger partial charge in [0, 0.05) is 12.2 Å². The van der Waals surface area contributed by atoms with E-state index >= 15 is 0 Å². The number of hydrogen-bond donors (Lipinski definition) is 3. The van der Waals surface area contributed by atoms with Gasteiger partial charge in [-0.2, -0.15) is 0 Å². The second kappa shape index (κ2) is 5.63. The Morgan fingerprint density at radius 3 is 2.55 bits per heavy atom. The molecule has 20 heavy (non-hydrogen) atoms. The summed E-state index contributed by atoms with van der Waals surface area (Å²) < 4.78 is 0. The lowest BCUT2D eigenvalue weighted by molar-refractivity contribution is -0.137. The normalized spacial score (nSPS) is 16.1. The first-order valence-corrected chi connectivity index (χ1v) is 6.79. The molecular formula is C15H20N2O3. The van der Waals surface area contributed by atoms with Crippen molar-refractivity contribution in [3.63, 3.8) is 0 Å². The van der Waals surface area contributed by atoms with E-state index in [1.165, 1.54) is 0 Å². The fourth-order valence-corrected chi connectivity index (χ4v) is 2.15. The van der Waals surface area contributed by atoms with Gasteiger partial charge in [0.15, 0.2) is 0 Å². The lowest BCUT2D eigenvalue weighted by Gasteiger charge is -2.36. The van der Waals surface area contributed by atoms with Crippen LogP contribution in [0.4, 0.5) is 5.69 Å². The molecule has 0 bridgehead atoms. The van der Waals surface area contributed by atoms with Gasteiger partial charge < -0.3 is 15.7 Å². The van der Waals surface area contributed by atoms with Crippen molar-refractivity contribution < 1.29 is 14.7 Å². The van der Waals surface area contributed by atoms with Gasteiger partial charge in [-0.05, 0) is 50.3 Å². The van der Waals surface area contributed by atoms with Crippen LogP contribution in [0.5, 0.6) is 0 Å². The standard InChI is InChI=1S/C15H20N2O3/c1-10-5-3-6-12(11(10)2)17-14(19)13(18)16-9-15(20)7-4-8-15/h3,5-6,20H,4,7-9H2,1-2H3,(H,16,18)(H,17,19). The molecular weight excluding hydrogens is 256 g/mol. The fraction of sp³-hybridized carbons (Fsp3) is 0.467. The van der Waals surface area contributed by atoms with Crippen LogP contribution in [0.3, 0.4) is 0 Å². The molecule has 1 fully saturated rings. The zero-order valence-corrected chi connectivity index (χ0v) is 11.8. The summed E-state index contributed by atoms with van der Waals surface area (Å²) in [5, 5.41) is 14.9. The molecule has 0 heterocycles. The quantitative estimate of drug-likeness (QED) is 0.728. The van der Waals surface area contributed by atoms with E-state index < -0.39 is 17.4 Å². The average Bonchev–Trinajstić information content (AvgIpc) is 2.39. The molecule has 0 unspecified atom stereocenters. The van der Waals surface area contributed by atoms with Gasteiger partial charge in [0.2, 0.25) is 0 Å². The van der Waals surface area contributed by atoms with Crippen LogP contribution in [0.2, 0.25) is 0 Å². The second-order valence-corrected chi connectivity index (χ2v) is 5.46. The molecule has 1 saturated carbocycles. The summed E-state index contributed by atoms with van der Waals surface area (Å²) in [5.74, 6) is -1.42. The molecule has 1 aromatic carbocycles. The highest BCUT2D eigenvalue weighted by molar-refractivity contribution is 6.39. The van der Waals surface area contributed by atoms with Gasteiger partial charge in [0.05, 0.1) is 5.60 Å². The van der Waals surface area contributed by atoms with Crippen LogP contribution in [0, 0.1) is 13.8 Å². The zero-order chi connectivity index (χ0) is 14.8. The van der Waals surface area contributed by atoms with E-state index in [1.807, 2.05) is 26.0 Å². The van der Waals surface area contributed by atoms with E-state index in [9.17, 15) is 14.7 Å². The van der Waals surface area contributed by atoms with Crippen LogP contribution in [-0.4, -0.2) is 29.1 Å². The molecule has 0 atom stereocenters. The third-order valence-electron chi connectivity index (χ3n) is 3.92. The molecule has 5 nitrogen and oxygen atoms in total. The minimum absolute atomic E-state index is 0.131. The molecule has 0 saturated heterocycles. The SMILES string of the molecule is Cc1cccc(NC(=O)C(=O)NCC2(O)CCC2)c1C. The van der Waals surface area contributed by atoms with Crippen LogP contribution in [0.25, 0.3) is 0 Å². The molecule has 0 spiro atoms. The highest BCUT2D eigenvalue weighted by Gasteiger charge is 2.35. The van der Waals surface area contributed by atoms with Gasteiger partial charge in [-0.25, -0.2) is 0 Å². The minimum atomic E-state index is -0.824. The highest BCUT2D eigenvalue weighted by atomic mass is 16.3. The van der Waals surface area contributed by atoms with Gasteiger partial charge >= 0.3 is 11.8 Å². The van der Waals surface area contributed by atoms with Gasteiger partial charge in [-0.1, -0.05) is 12.1 Å². The van der Waals surface area contributed by atoms with Gasteiger partial charge in [-0.3, -0.25) is 9.59 Å². The molecule has 3 N–H and O–H groups in total. The second-order valence-electron chi connectivity index (χ2n) is 5.46. The maximum atomic E-state index is 11.8. The lowest BCUT2D eigenvalue weighted by Crippen LogP contribution is -2.49. The largest absolute Gasteiger partial charge is 0.388 e. The Labute approximate surface area is 118 Å². The first kappa shape index (κ1) is 14.5. The number of anilines is 1.